The molecule has 2 rings (SSSR count). The van der Waals surface area contributed by atoms with Crippen molar-refractivity contribution in [3.63, 3.8) is 0 Å². The van der Waals surface area contributed by atoms with E-state index in [0.29, 0.717) is 0 Å². The van der Waals surface area contributed by atoms with E-state index in [1.807, 2.05) is 24.3 Å². The van der Waals surface area contributed by atoms with E-state index in [1.165, 1.54) is 0 Å². The fraction of sp³-hybridized carbons (Fsp3) is 0.364. The molecule has 1 aliphatic carbocycles. The van der Waals surface area contributed by atoms with Crippen molar-refractivity contribution in [3.8, 4) is 6.07 Å². The van der Waals surface area contributed by atoms with E-state index >= 15 is 0 Å². The molecule has 0 unspecified atom stereocenters. The molecule has 1 aliphatic rings. The summed E-state index contributed by atoms with van der Waals surface area (Å²) in [5.41, 5.74) is 5.35. The van der Waals surface area contributed by atoms with Gasteiger partial charge in [-0.25, -0.2) is 8.42 Å². The normalized spacial score (nSPS) is 33.1. The lowest BCUT2D eigenvalue weighted by Crippen LogP contribution is -2.28. The molecule has 3 atom stereocenters. The van der Waals surface area contributed by atoms with Crippen LogP contribution in [0.1, 0.15) is 11.5 Å². The van der Waals surface area contributed by atoms with Crippen LogP contribution in [-0.2, 0) is 9.84 Å². The minimum absolute atomic E-state index is 0.409. The molecule has 0 spiro atoms. The number of hydrogen-bond donors (Lipinski definition) is 1. The molecule has 0 aromatic heterocycles. The topological polar surface area (TPSA) is 83.9 Å². The summed E-state index contributed by atoms with van der Waals surface area (Å²) < 4.78 is 23.0. The SMILES string of the molecule is CS(=O)(=O)[C@@H]1[C@@H](c2ccccc2)[C@]1(N)C#N. The fourth-order valence-electron chi connectivity index (χ4n) is 2.22. The zero-order valence-corrected chi connectivity index (χ0v) is 9.61. The largest absolute Gasteiger partial charge is 0.312 e. The lowest BCUT2D eigenvalue weighted by molar-refractivity contribution is 0.597. The number of nitrogens with zero attached hydrogens (tertiary/aromatic N) is 1. The first-order valence-corrected chi connectivity index (χ1v) is 6.80. The Bertz CT molecular complexity index is 547. The van der Waals surface area contributed by atoms with Gasteiger partial charge in [0.2, 0.25) is 0 Å². The van der Waals surface area contributed by atoms with Gasteiger partial charge in [-0.1, -0.05) is 30.3 Å². The maximum absolute atomic E-state index is 11.5. The summed E-state index contributed by atoms with van der Waals surface area (Å²) in [6.45, 7) is 0. The molecule has 1 saturated carbocycles. The van der Waals surface area contributed by atoms with Crippen LogP contribution in [0.4, 0.5) is 0 Å². The molecule has 16 heavy (non-hydrogen) atoms. The van der Waals surface area contributed by atoms with Crippen molar-refractivity contribution in [2.75, 3.05) is 6.26 Å². The van der Waals surface area contributed by atoms with Crippen molar-refractivity contribution in [1.29, 1.82) is 5.26 Å². The van der Waals surface area contributed by atoms with Crippen molar-refractivity contribution in [1.82, 2.24) is 0 Å². The summed E-state index contributed by atoms with van der Waals surface area (Å²) in [4.78, 5) is 0. The summed E-state index contributed by atoms with van der Waals surface area (Å²) in [5, 5.41) is 8.21. The van der Waals surface area contributed by atoms with Crippen molar-refractivity contribution in [3.05, 3.63) is 35.9 Å². The van der Waals surface area contributed by atoms with Crippen LogP contribution in [0.2, 0.25) is 0 Å². The molecule has 4 nitrogen and oxygen atoms in total. The molecule has 2 N–H and O–H groups in total. The molecule has 0 saturated heterocycles. The first-order valence-electron chi connectivity index (χ1n) is 4.85. The number of sulfone groups is 1. The van der Waals surface area contributed by atoms with Gasteiger partial charge in [0.05, 0.1) is 6.07 Å². The average molecular weight is 236 g/mol. The molecule has 0 radical (unpaired) electrons. The van der Waals surface area contributed by atoms with Crippen molar-refractivity contribution < 1.29 is 8.42 Å². The predicted molar refractivity (Wildman–Crippen MR) is 60.3 cm³/mol. The maximum Gasteiger partial charge on any atom is 0.153 e. The average Bonchev–Trinajstić information content (AvgIpc) is 2.87. The van der Waals surface area contributed by atoms with Gasteiger partial charge in [0, 0.05) is 12.2 Å². The van der Waals surface area contributed by atoms with Crippen LogP contribution in [-0.4, -0.2) is 25.5 Å². The van der Waals surface area contributed by atoms with Crippen LogP contribution in [0.3, 0.4) is 0 Å². The van der Waals surface area contributed by atoms with Gasteiger partial charge in [-0.2, -0.15) is 5.26 Å². The van der Waals surface area contributed by atoms with Crippen molar-refractivity contribution in [2.45, 2.75) is 16.7 Å². The number of benzene rings is 1. The smallest absolute Gasteiger partial charge is 0.153 e. The van der Waals surface area contributed by atoms with Crippen LogP contribution < -0.4 is 5.73 Å². The van der Waals surface area contributed by atoms with E-state index in [4.69, 9.17) is 11.0 Å². The Kier molecular flexibility index (Phi) is 2.30. The van der Waals surface area contributed by atoms with Crippen LogP contribution in [0.25, 0.3) is 0 Å². The minimum atomic E-state index is -3.29. The van der Waals surface area contributed by atoms with Gasteiger partial charge in [0.15, 0.2) is 9.84 Å². The fourth-order valence-corrected chi connectivity index (χ4v) is 3.93. The van der Waals surface area contributed by atoms with Crippen molar-refractivity contribution in [2.24, 2.45) is 5.73 Å². The Morgan fingerprint density at radius 3 is 2.31 bits per heavy atom. The zero-order chi connectivity index (χ0) is 12.0. The third-order valence-electron chi connectivity index (χ3n) is 2.99. The third kappa shape index (κ3) is 1.51. The summed E-state index contributed by atoms with van der Waals surface area (Å²) in [7, 11) is -3.29. The highest BCUT2D eigenvalue weighted by molar-refractivity contribution is 7.91. The summed E-state index contributed by atoms with van der Waals surface area (Å²) in [6.07, 6.45) is 1.12. The number of hydrogen-bond acceptors (Lipinski definition) is 4. The van der Waals surface area contributed by atoms with Gasteiger partial charge in [0.1, 0.15) is 10.8 Å². The molecule has 0 aliphatic heterocycles. The minimum Gasteiger partial charge on any atom is -0.312 e. The monoisotopic (exact) mass is 236 g/mol. The molecule has 5 heteroatoms. The molecule has 0 amide bonds. The molecule has 1 aromatic carbocycles. The Balaban J connectivity index is 2.43. The molecular weight excluding hydrogens is 224 g/mol. The maximum atomic E-state index is 11.5. The summed E-state index contributed by atoms with van der Waals surface area (Å²) >= 11 is 0. The lowest BCUT2D eigenvalue weighted by Gasteiger charge is -1.99. The molecule has 1 fully saturated rings. The Morgan fingerprint density at radius 1 is 1.38 bits per heavy atom. The molecule has 0 heterocycles. The highest BCUT2D eigenvalue weighted by Gasteiger charge is 2.69. The first-order chi connectivity index (χ1) is 7.41. The van der Waals surface area contributed by atoms with Gasteiger partial charge >= 0.3 is 0 Å². The van der Waals surface area contributed by atoms with Crippen LogP contribution in [0.5, 0.6) is 0 Å². The Hall–Kier alpha value is -1.38. The number of nitrogens with two attached hydrogens (primary N) is 1. The molecule has 84 valence electrons. The van der Waals surface area contributed by atoms with E-state index in [2.05, 4.69) is 0 Å². The molecular formula is C11H12N2O2S. The summed E-state index contributed by atoms with van der Waals surface area (Å²) in [6, 6.07) is 11.0. The Morgan fingerprint density at radius 2 is 1.94 bits per heavy atom. The summed E-state index contributed by atoms with van der Waals surface area (Å²) in [5.74, 6) is -0.409. The van der Waals surface area contributed by atoms with Gasteiger partial charge < -0.3 is 5.73 Å². The molecule has 1 aromatic rings. The van der Waals surface area contributed by atoms with E-state index in [-0.39, 0.29) is 0 Å². The second-order valence-electron chi connectivity index (χ2n) is 4.18. The predicted octanol–water partition coefficient (Wildman–Crippen LogP) is 0.418. The standard InChI is InChI=1S/C11H12N2O2S/c1-16(14,15)10-9(11(10,13)7-12)8-5-3-2-4-6-8/h2-6,9-10H,13H2,1H3/t9-,10-,11-/m1/s1. The van der Waals surface area contributed by atoms with Gasteiger partial charge in [-0.05, 0) is 5.56 Å². The van der Waals surface area contributed by atoms with Gasteiger partial charge in [0.25, 0.3) is 0 Å². The Labute approximate surface area is 94.6 Å². The highest BCUT2D eigenvalue weighted by Crippen LogP contribution is 2.53. The van der Waals surface area contributed by atoms with E-state index < -0.39 is 26.5 Å². The second-order valence-corrected chi connectivity index (χ2v) is 6.35. The van der Waals surface area contributed by atoms with Gasteiger partial charge in [-0.3, -0.25) is 0 Å². The van der Waals surface area contributed by atoms with Crippen LogP contribution >= 0.6 is 0 Å². The third-order valence-corrected chi connectivity index (χ3v) is 4.58. The number of rotatable bonds is 2. The zero-order valence-electron chi connectivity index (χ0n) is 8.79. The van der Waals surface area contributed by atoms with Gasteiger partial charge in [-0.15, -0.1) is 0 Å². The van der Waals surface area contributed by atoms with E-state index in [9.17, 15) is 8.42 Å². The highest BCUT2D eigenvalue weighted by atomic mass is 32.2. The quantitative estimate of drug-likeness (QED) is 0.806. The van der Waals surface area contributed by atoms with E-state index in [0.717, 1.165) is 11.8 Å². The van der Waals surface area contributed by atoms with Crippen LogP contribution in [0, 0.1) is 11.3 Å². The molecule has 0 bridgehead atoms. The second kappa shape index (κ2) is 3.30. The van der Waals surface area contributed by atoms with Crippen molar-refractivity contribution >= 4 is 9.84 Å². The number of nitriles is 1. The van der Waals surface area contributed by atoms with Crippen LogP contribution in [0.15, 0.2) is 30.3 Å². The van der Waals surface area contributed by atoms with E-state index in [1.54, 1.807) is 12.1 Å². The first kappa shape index (κ1) is 11.1. The lowest BCUT2D eigenvalue weighted by atomic mass is 10.1.